The summed E-state index contributed by atoms with van der Waals surface area (Å²) in [6, 6.07) is 0. The van der Waals surface area contributed by atoms with Crippen molar-refractivity contribution in [1.82, 2.24) is 0 Å². The molecule has 0 fully saturated rings. The molecule has 9 nitrogen and oxygen atoms in total. The van der Waals surface area contributed by atoms with Crippen molar-refractivity contribution in [2.75, 3.05) is 47.5 Å². The number of ether oxygens (including phenoxy) is 2. The Kier molecular flexibility index (Phi) is 38.8. The number of rotatable bonds is 44. The van der Waals surface area contributed by atoms with Gasteiger partial charge in [-0.3, -0.25) is 14.2 Å². The van der Waals surface area contributed by atoms with Crippen molar-refractivity contribution in [3.63, 3.8) is 0 Å². The Hall–Kier alpha value is -0.990. The van der Waals surface area contributed by atoms with Gasteiger partial charge in [-0.15, -0.1) is 0 Å². The smallest absolute Gasteiger partial charge is 0.306 e. The first kappa shape index (κ1) is 55.0. The second-order valence-corrected chi connectivity index (χ2v) is 18.9. The molecule has 0 aromatic heterocycles. The molecule has 0 radical (unpaired) electrons. The summed E-state index contributed by atoms with van der Waals surface area (Å²) in [5, 5.41) is 0. The van der Waals surface area contributed by atoms with Crippen LogP contribution in [0, 0.1) is 0 Å². The Morgan fingerprint density at radius 1 is 0.482 bits per heavy atom. The molecule has 0 saturated heterocycles. The number of esters is 2. The topological polar surface area (TPSA) is 111 Å². The van der Waals surface area contributed by atoms with Gasteiger partial charge in [-0.2, -0.15) is 0 Å². The van der Waals surface area contributed by atoms with Gasteiger partial charge in [-0.05, 0) is 12.8 Å². The lowest BCUT2D eigenvalue weighted by molar-refractivity contribution is -0.870. The summed E-state index contributed by atoms with van der Waals surface area (Å²) < 4.78 is 34.0. The number of phosphoric acid groups is 1. The van der Waals surface area contributed by atoms with Crippen molar-refractivity contribution in [1.29, 1.82) is 0 Å². The molecule has 0 spiro atoms. The zero-order valence-corrected chi connectivity index (χ0v) is 38.5. The van der Waals surface area contributed by atoms with E-state index in [1.807, 2.05) is 21.1 Å². The predicted molar refractivity (Wildman–Crippen MR) is 232 cm³/mol. The number of carbonyl (C=O) groups is 2. The van der Waals surface area contributed by atoms with Crippen LogP contribution < -0.4 is 4.89 Å². The third kappa shape index (κ3) is 42.6. The molecule has 0 N–H and O–H groups in total. The number of unbranched alkanes of at least 4 members (excludes halogenated alkanes) is 30. The highest BCUT2D eigenvalue weighted by atomic mass is 31.2. The minimum absolute atomic E-state index is 0.0256. The van der Waals surface area contributed by atoms with E-state index in [1.165, 1.54) is 167 Å². The fourth-order valence-corrected chi connectivity index (χ4v) is 7.62. The first-order valence-corrected chi connectivity index (χ1v) is 25.2. The zero-order chi connectivity index (χ0) is 41.4. The first-order chi connectivity index (χ1) is 27.0. The second-order valence-electron chi connectivity index (χ2n) is 17.5. The van der Waals surface area contributed by atoms with Gasteiger partial charge in [0.15, 0.2) is 6.10 Å². The predicted octanol–water partition coefficient (Wildman–Crippen LogP) is 13.0. The van der Waals surface area contributed by atoms with Gasteiger partial charge in [0.2, 0.25) is 0 Å². The van der Waals surface area contributed by atoms with Gasteiger partial charge in [0.1, 0.15) is 19.8 Å². The molecule has 1 unspecified atom stereocenters. The van der Waals surface area contributed by atoms with Crippen molar-refractivity contribution in [2.24, 2.45) is 0 Å². The Labute approximate surface area is 346 Å². The van der Waals surface area contributed by atoms with Gasteiger partial charge in [0.05, 0.1) is 27.7 Å². The summed E-state index contributed by atoms with van der Waals surface area (Å²) in [4.78, 5) is 37.6. The van der Waals surface area contributed by atoms with Crippen LogP contribution in [0.5, 0.6) is 0 Å². The quantitative estimate of drug-likeness (QED) is 0.0259. The van der Waals surface area contributed by atoms with Crippen molar-refractivity contribution < 1.29 is 42.1 Å². The van der Waals surface area contributed by atoms with Crippen LogP contribution in [0.25, 0.3) is 0 Å². The lowest BCUT2D eigenvalue weighted by Crippen LogP contribution is -2.37. The average Bonchev–Trinajstić information content (AvgIpc) is 3.15. The van der Waals surface area contributed by atoms with Crippen LogP contribution in [0.4, 0.5) is 0 Å². The zero-order valence-electron chi connectivity index (χ0n) is 37.6. The molecule has 0 heterocycles. The van der Waals surface area contributed by atoms with Crippen LogP contribution in [-0.4, -0.2) is 70.0 Å². The molecular formula is C46H92NO8P. The van der Waals surface area contributed by atoms with Crippen molar-refractivity contribution in [2.45, 2.75) is 238 Å². The van der Waals surface area contributed by atoms with Crippen LogP contribution >= 0.6 is 7.82 Å². The Morgan fingerprint density at radius 2 is 0.804 bits per heavy atom. The molecule has 0 rings (SSSR count). The fraction of sp³-hybridized carbons (Fsp3) is 0.957. The van der Waals surface area contributed by atoms with Crippen molar-refractivity contribution >= 4 is 19.8 Å². The molecule has 0 aromatic rings. The normalized spacial score (nSPS) is 13.5. The Balaban J connectivity index is 4.24. The average molecular weight is 818 g/mol. The van der Waals surface area contributed by atoms with Gasteiger partial charge < -0.3 is 27.9 Å². The number of nitrogens with zero attached hydrogens (tertiary/aromatic N) is 1. The Morgan fingerprint density at radius 3 is 1.14 bits per heavy atom. The number of carbonyl (C=O) groups excluding carboxylic acids is 2. The highest BCUT2D eigenvalue weighted by Gasteiger charge is 2.21. The van der Waals surface area contributed by atoms with Gasteiger partial charge in [-0.25, -0.2) is 0 Å². The molecule has 0 aliphatic carbocycles. The maximum atomic E-state index is 12.7. The fourth-order valence-electron chi connectivity index (χ4n) is 6.89. The van der Waals surface area contributed by atoms with E-state index in [0.717, 1.165) is 32.1 Å². The van der Waals surface area contributed by atoms with E-state index in [1.54, 1.807) is 0 Å². The van der Waals surface area contributed by atoms with Gasteiger partial charge in [0, 0.05) is 12.8 Å². The minimum Gasteiger partial charge on any atom is -0.756 e. The molecule has 0 aliphatic rings. The summed E-state index contributed by atoms with van der Waals surface area (Å²) >= 11 is 0. The lowest BCUT2D eigenvalue weighted by atomic mass is 10.0. The van der Waals surface area contributed by atoms with Crippen LogP contribution in [0.1, 0.15) is 232 Å². The van der Waals surface area contributed by atoms with E-state index in [2.05, 4.69) is 13.8 Å². The third-order valence-corrected chi connectivity index (χ3v) is 11.6. The van der Waals surface area contributed by atoms with Gasteiger partial charge in [-0.1, -0.05) is 206 Å². The summed E-state index contributed by atoms with van der Waals surface area (Å²) in [7, 11) is 1.18. The molecule has 0 saturated carbocycles. The molecule has 2 atom stereocenters. The number of hydrogen-bond donors (Lipinski definition) is 0. The van der Waals surface area contributed by atoms with E-state index in [-0.39, 0.29) is 32.0 Å². The Bertz CT molecular complexity index is 927. The summed E-state index contributed by atoms with van der Waals surface area (Å²) in [5.74, 6) is -0.817. The minimum atomic E-state index is -4.62. The number of likely N-dealkylation sites (N-methyl/N-ethyl adjacent to an activating group) is 1. The second kappa shape index (κ2) is 39.5. The van der Waals surface area contributed by atoms with Crippen LogP contribution in [0.15, 0.2) is 0 Å². The molecule has 0 aliphatic heterocycles. The van der Waals surface area contributed by atoms with E-state index < -0.39 is 26.5 Å². The summed E-state index contributed by atoms with van der Waals surface area (Å²) in [5.41, 5.74) is 0. The van der Waals surface area contributed by atoms with Crippen molar-refractivity contribution in [3.8, 4) is 0 Å². The molecule has 0 amide bonds. The standard InChI is InChI=1S/C46H92NO8P/c1-6-8-10-12-14-16-18-20-22-23-24-25-27-28-30-32-34-36-38-45(48)52-42-44(43-54-56(50,51)53-41-40-47(3,4)5)55-46(49)39-37-35-33-31-29-26-21-19-17-15-13-11-9-7-2/h44H,6-43H2,1-5H3/t44-/m0/s1. The van der Waals surface area contributed by atoms with Crippen molar-refractivity contribution in [3.05, 3.63) is 0 Å². The van der Waals surface area contributed by atoms with E-state index in [9.17, 15) is 19.0 Å². The maximum absolute atomic E-state index is 12.7. The van der Waals surface area contributed by atoms with Gasteiger partial charge >= 0.3 is 11.9 Å². The van der Waals surface area contributed by atoms with E-state index in [0.29, 0.717) is 17.4 Å². The third-order valence-electron chi connectivity index (χ3n) is 10.6. The number of hydrogen-bond acceptors (Lipinski definition) is 8. The number of quaternary nitrogens is 1. The molecule has 334 valence electrons. The van der Waals surface area contributed by atoms with E-state index in [4.69, 9.17) is 18.5 Å². The highest BCUT2D eigenvalue weighted by Crippen LogP contribution is 2.38. The SMILES string of the molecule is CCCCCCCCCCCCCCCCCCCCC(=O)OC[C@@H](COP(=O)([O-])OCC[N+](C)(C)C)OC(=O)CCCCCCCCCCCCCCCC. The highest BCUT2D eigenvalue weighted by molar-refractivity contribution is 7.45. The molecule has 56 heavy (non-hydrogen) atoms. The largest absolute Gasteiger partial charge is 0.756 e. The monoisotopic (exact) mass is 818 g/mol. The molecule has 0 bridgehead atoms. The summed E-state index contributed by atoms with van der Waals surface area (Å²) in [6.07, 6.45) is 39.8. The van der Waals surface area contributed by atoms with Crippen LogP contribution in [-0.2, 0) is 32.7 Å². The summed E-state index contributed by atoms with van der Waals surface area (Å²) in [6.45, 7) is 4.27. The lowest BCUT2D eigenvalue weighted by Gasteiger charge is -2.28. The molecule has 0 aromatic carbocycles. The van der Waals surface area contributed by atoms with Crippen LogP contribution in [0.2, 0.25) is 0 Å². The molecular weight excluding hydrogens is 725 g/mol. The maximum Gasteiger partial charge on any atom is 0.306 e. The molecule has 10 heteroatoms. The first-order valence-electron chi connectivity index (χ1n) is 23.7. The van der Waals surface area contributed by atoms with Gasteiger partial charge in [0.25, 0.3) is 7.82 Å². The number of phosphoric ester groups is 1. The van der Waals surface area contributed by atoms with E-state index >= 15 is 0 Å². The van der Waals surface area contributed by atoms with Crippen LogP contribution in [0.3, 0.4) is 0 Å².